The van der Waals surface area contributed by atoms with E-state index in [0.29, 0.717) is 32.7 Å². The molecule has 8 heteroatoms. The van der Waals surface area contributed by atoms with Crippen molar-refractivity contribution in [3.63, 3.8) is 0 Å². The van der Waals surface area contributed by atoms with Crippen molar-refractivity contribution >= 4 is 11.9 Å². The van der Waals surface area contributed by atoms with Crippen molar-refractivity contribution in [2.24, 2.45) is 4.99 Å². The first kappa shape index (κ1) is 34.4. The van der Waals surface area contributed by atoms with Crippen LogP contribution < -0.4 is 15.4 Å². The standard InChI is InChI=1S/C26H42N4O4.C3H6.C2H6/c1-2-15-32-16-4-3-5-17-33-19-14-30-21-23-20-24(9-7-22(23)8-10-25(30)31)34-18-6-11-27-26-28-12-13-29-26;1-3-2;1-2/h7,9,20H,2-6,8,10-19,21H2,1H3,(H2,27,28,29);3H,1H2,2H3;1-2H3. The van der Waals surface area contributed by atoms with Gasteiger partial charge in [-0.25, -0.2) is 0 Å². The second-order valence-corrected chi connectivity index (χ2v) is 9.23. The van der Waals surface area contributed by atoms with E-state index in [0.717, 1.165) is 89.7 Å². The second-order valence-electron chi connectivity index (χ2n) is 9.23. The summed E-state index contributed by atoms with van der Waals surface area (Å²) in [5, 5.41) is 6.48. The molecule has 39 heavy (non-hydrogen) atoms. The van der Waals surface area contributed by atoms with E-state index in [1.807, 2.05) is 31.7 Å². The minimum atomic E-state index is 0.199. The van der Waals surface area contributed by atoms with Gasteiger partial charge in [0, 0.05) is 52.4 Å². The maximum atomic E-state index is 12.6. The molecule has 0 radical (unpaired) electrons. The molecule has 8 nitrogen and oxygen atoms in total. The zero-order chi connectivity index (χ0) is 28.6. The van der Waals surface area contributed by atoms with Crippen molar-refractivity contribution < 1.29 is 19.0 Å². The summed E-state index contributed by atoms with van der Waals surface area (Å²) in [6, 6.07) is 6.22. The molecule has 2 aliphatic heterocycles. The largest absolute Gasteiger partial charge is 0.494 e. The lowest BCUT2D eigenvalue weighted by Gasteiger charge is -2.21. The Morgan fingerprint density at radius 3 is 2.46 bits per heavy atom. The lowest BCUT2D eigenvalue weighted by atomic mass is 10.0. The topological polar surface area (TPSA) is 84.4 Å². The molecule has 2 aliphatic rings. The molecule has 0 unspecified atom stereocenters. The van der Waals surface area contributed by atoms with Gasteiger partial charge >= 0.3 is 0 Å². The number of aliphatic imine (C=N–C) groups is 1. The molecular formula is C31H54N4O4. The summed E-state index contributed by atoms with van der Waals surface area (Å²) in [7, 11) is 0. The number of amides is 1. The van der Waals surface area contributed by atoms with Crippen LogP contribution >= 0.6 is 0 Å². The number of nitrogens with zero attached hydrogens (tertiary/aromatic N) is 2. The molecule has 1 aromatic carbocycles. The lowest BCUT2D eigenvalue weighted by molar-refractivity contribution is -0.132. The summed E-state index contributed by atoms with van der Waals surface area (Å²) >= 11 is 0. The van der Waals surface area contributed by atoms with Crippen LogP contribution in [0.15, 0.2) is 35.8 Å². The molecule has 1 amide bonds. The van der Waals surface area contributed by atoms with Gasteiger partial charge in [-0.2, -0.15) is 0 Å². The van der Waals surface area contributed by atoms with Crippen LogP contribution in [0.3, 0.4) is 0 Å². The second kappa shape index (κ2) is 23.3. The number of ether oxygens (including phenoxy) is 3. The first-order valence-electron chi connectivity index (χ1n) is 14.9. The Labute approximate surface area is 237 Å². The maximum absolute atomic E-state index is 12.6. The van der Waals surface area contributed by atoms with E-state index in [2.05, 4.69) is 41.3 Å². The third kappa shape index (κ3) is 15.6. The number of rotatable bonds is 16. The minimum absolute atomic E-state index is 0.199. The lowest BCUT2D eigenvalue weighted by Crippen LogP contribution is -2.34. The van der Waals surface area contributed by atoms with Gasteiger partial charge in [-0.3, -0.25) is 9.79 Å². The predicted octanol–water partition coefficient (Wildman–Crippen LogP) is 5.11. The van der Waals surface area contributed by atoms with Crippen molar-refractivity contribution in [1.29, 1.82) is 0 Å². The van der Waals surface area contributed by atoms with Gasteiger partial charge in [-0.05, 0) is 68.7 Å². The van der Waals surface area contributed by atoms with Crippen LogP contribution in [0.2, 0.25) is 0 Å². The summed E-state index contributed by atoms with van der Waals surface area (Å²) in [5.74, 6) is 1.95. The van der Waals surface area contributed by atoms with E-state index >= 15 is 0 Å². The number of fused-ring (bicyclic) bond motifs is 1. The van der Waals surface area contributed by atoms with Crippen LogP contribution in [0.4, 0.5) is 0 Å². The van der Waals surface area contributed by atoms with E-state index in [-0.39, 0.29) is 5.91 Å². The molecule has 2 heterocycles. The molecule has 3 rings (SSSR count). The van der Waals surface area contributed by atoms with E-state index in [1.54, 1.807) is 6.08 Å². The van der Waals surface area contributed by atoms with Crippen LogP contribution in [-0.2, 0) is 27.2 Å². The van der Waals surface area contributed by atoms with Crippen LogP contribution in [-0.4, -0.2) is 76.0 Å². The number of hydrogen-bond donors (Lipinski definition) is 2. The summed E-state index contributed by atoms with van der Waals surface area (Å²) in [5.41, 5.74) is 2.42. The first-order chi connectivity index (χ1) is 19.2. The normalized spacial score (nSPS) is 14.0. The monoisotopic (exact) mass is 546 g/mol. The van der Waals surface area contributed by atoms with Crippen molar-refractivity contribution in [2.75, 3.05) is 59.2 Å². The highest BCUT2D eigenvalue weighted by molar-refractivity contribution is 5.81. The number of unbranched alkanes of at least 4 members (excludes halogenated alkanes) is 2. The van der Waals surface area contributed by atoms with Gasteiger partial charge in [0.05, 0.1) is 19.8 Å². The van der Waals surface area contributed by atoms with Crippen molar-refractivity contribution in [3.05, 3.63) is 42.0 Å². The Morgan fingerprint density at radius 2 is 1.77 bits per heavy atom. The summed E-state index contributed by atoms with van der Waals surface area (Å²) in [4.78, 5) is 18.9. The average molecular weight is 547 g/mol. The minimum Gasteiger partial charge on any atom is -0.494 e. The molecule has 2 N–H and O–H groups in total. The quantitative estimate of drug-likeness (QED) is 0.221. The van der Waals surface area contributed by atoms with Crippen molar-refractivity contribution in [3.8, 4) is 5.75 Å². The Hall–Kier alpha value is -2.58. The number of guanidine groups is 1. The van der Waals surface area contributed by atoms with Crippen LogP contribution in [0.5, 0.6) is 5.75 Å². The zero-order valence-corrected chi connectivity index (χ0v) is 25.1. The summed E-state index contributed by atoms with van der Waals surface area (Å²) in [6.07, 6.45) is 8.28. The van der Waals surface area contributed by atoms with E-state index in [1.165, 1.54) is 11.1 Å². The number of benzene rings is 1. The maximum Gasteiger partial charge on any atom is 0.223 e. The highest BCUT2D eigenvalue weighted by Gasteiger charge is 2.20. The van der Waals surface area contributed by atoms with Gasteiger partial charge in [0.2, 0.25) is 5.91 Å². The fraction of sp³-hybridized carbons (Fsp3) is 0.677. The fourth-order valence-electron chi connectivity index (χ4n) is 4.07. The summed E-state index contributed by atoms with van der Waals surface area (Å²) < 4.78 is 17.3. The average Bonchev–Trinajstić information content (AvgIpc) is 3.42. The predicted molar refractivity (Wildman–Crippen MR) is 162 cm³/mol. The Bertz CT molecular complexity index is 816. The molecule has 0 saturated carbocycles. The molecule has 1 aromatic rings. The van der Waals surface area contributed by atoms with Gasteiger partial charge in [0.25, 0.3) is 0 Å². The van der Waals surface area contributed by atoms with Gasteiger partial charge in [-0.1, -0.05) is 32.9 Å². The number of allylic oxidation sites excluding steroid dienone is 1. The molecule has 0 spiro atoms. The SMILES string of the molecule is C=CC.CC.CCCOCCCCCOCCN1Cc2cc(OCCCNC3=NCCN3)ccc2CCC1=O. The fourth-order valence-corrected chi connectivity index (χ4v) is 4.07. The zero-order valence-electron chi connectivity index (χ0n) is 25.1. The highest BCUT2D eigenvalue weighted by Crippen LogP contribution is 2.24. The first-order valence-corrected chi connectivity index (χ1v) is 14.9. The molecule has 0 atom stereocenters. The molecule has 0 fully saturated rings. The number of carbonyl (C=O) groups is 1. The van der Waals surface area contributed by atoms with Crippen LogP contribution in [0, 0.1) is 0 Å². The smallest absolute Gasteiger partial charge is 0.223 e. The molecule has 0 aromatic heterocycles. The van der Waals surface area contributed by atoms with Gasteiger partial charge in [0.15, 0.2) is 5.96 Å². The molecule has 0 saturated heterocycles. The van der Waals surface area contributed by atoms with Crippen LogP contribution in [0.25, 0.3) is 0 Å². The highest BCUT2D eigenvalue weighted by atomic mass is 16.5. The van der Waals surface area contributed by atoms with Gasteiger partial charge in [0.1, 0.15) is 5.75 Å². The molecular weight excluding hydrogens is 492 g/mol. The van der Waals surface area contributed by atoms with Crippen LogP contribution in [0.1, 0.15) is 77.3 Å². The third-order valence-corrected chi connectivity index (χ3v) is 5.99. The van der Waals surface area contributed by atoms with Crippen molar-refractivity contribution in [2.45, 2.75) is 79.2 Å². The van der Waals surface area contributed by atoms with Gasteiger partial charge in [-0.15, -0.1) is 6.58 Å². The summed E-state index contributed by atoms with van der Waals surface area (Å²) in [6.45, 7) is 18.9. The number of hydrogen-bond acceptors (Lipinski definition) is 7. The number of carbonyl (C=O) groups excluding carboxylic acids is 1. The number of nitrogens with one attached hydrogen (secondary N) is 2. The molecule has 222 valence electrons. The molecule has 0 aliphatic carbocycles. The Kier molecular flexibility index (Phi) is 20.6. The van der Waals surface area contributed by atoms with E-state index in [9.17, 15) is 4.79 Å². The van der Waals surface area contributed by atoms with E-state index in [4.69, 9.17) is 14.2 Å². The number of aryl methyl sites for hydroxylation is 1. The Morgan fingerprint density at radius 1 is 1.03 bits per heavy atom. The van der Waals surface area contributed by atoms with Gasteiger partial charge < -0.3 is 29.7 Å². The Balaban J connectivity index is 0.00000142. The molecule has 0 bridgehead atoms. The van der Waals surface area contributed by atoms with Crippen molar-refractivity contribution in [1.82, 2.24) is 15.5 Å². The third-order valence-electron chi connectivity index (χ3n) is 5.99. The van der Waals surface area contributed by atoms with E-state index < -0.39 is 0 Å².